The minimum atomic E-state index is -1.07. The lowest BCUT2D eigenvalue weighted by molar-refractivity contribution is -0.139. The van der Waals surface area contributed by atoms with Crippen molar-refractivity contribution in [1.29, 1.82) is 0 Å². The Labute approximate surface area is 147 Å². The number of carboxylic acids is 1. The van der Waals surface area contributed by atoms with Crippen LogP contribution in [0.25, 0.3) is 0 Å². The zero-order valence-corrected chi connectivity index (χ0v) is 14.5. The molecule has 0 aliphatic carbocycles. The average molecular weight is 351 g/mol. The second kappa shape index (κ2) is 9.88. The molecule has 1 unspecified atom stereocenters. The van der Waals surface area contributed by atoms with Gasteiger partial charge in [-0.25, -0.2) is 4.79 Å². The van der Waals surface area contributed by atoms with Crippen molar-refractivity contribution in [2.75, 3.05) is 26.4 Å². The van der Waals surface area contributed by atoms with Crippen molar-refractivity contribution in [3.8, 4) is 11.5 Å². The molecule has 7 heteroatoms. The van der Waals surface area contributed by atoms with Crippen LogP contribution in [0.3, 0.4) is 0 Å². The third-order valence-electron chi connectivity index (χ3n) is 3.88. The molecule has 0 bridgehead atoms. The number of amides is 1. The number of hydrogen-bond acceptors (Lipinski definition) is 5. The van der Waals surface area contributed by atoms with Crippen LogP contribution in [-0.2, 0) is 9.53 Å². The molecule has 1 saturated heterocycles. The maximum atomic E-state index is 12.3. The molecule has 0 saturated carbocycles. The Balaban J connectivity index is 1.91. The summed E-state index contributed by atoms with van der Waals surface area (Å²) in [4.78, 5) is 22.9. The number of ether oxygens (including phenoxy) is 3. The van der Waals surface area contributed by atoms with Crippen molar-refractivity contribution >= 4 is 11.9 Å². The summed E-state index contributed by atoms with van der Waals surface area (Å²) in [7, 11) is 0. The van der Waals surface area contributed by atoms with Gasteiger partial charge in [-0.05, 0) is 50.8 Å². The molecule has 1 aromatic carbocycles. The summed E-state index contributed by atoms with van der Waals surface area (Å²) in [6.07, 6.45) is 4.34. The van der Waals surface area contributed by atoms with Gasteiger partial charge in [-0.2, -0.15) is 0 Å². The quantitative estimate of drug-likeness (QED) is 0.709. The van der Waals surface area contributed by atoms with Crippen LogP contribution in [0, 0.1) is 0 Å². The standard InChI is InChI=1S/C18H25NO6/c1-2-23-16-11-13(6-7-15(16)25-12-17(20)21)18(22)19-9-8-14-5-3-4-10-24-14/h6-7,11,14H,2-5,8-10,12H2,1H3,(H,19,22)(H,20,21). The number of carbonyl (C=O) groups is 2. The average Bonchev–Trinajstić information content (AvgIpc) is 2.61. The van der Waals surface area contributed by atoms with Gasteiger partial charge in [-0.3, -0.25) is 4.79 Å². The molecule has 0 aromatic heterocycles. The van der Waals surface area contributed by atoms with E-state index in [4.69, 9.17) is 19.3 Å². The summed E-state index contributed by atoms with van der Waals surface area (Å²) >= 11 is 0. The Morgan fingerprint density at radius 1 is 1.28 bits per heavy atom. The molecule has 138 valence electrons. The maximum absolute atomic E-state index is 12.3. The van der Waals surface area contributed by atoms with Crippen LogP contribution in [0.2, 0.25) is 0 Å². The van der Waals surface area contributed by atoms with Crippen molar-refractivity contribution in [3.05, 3.63) is 23.8 Å². The Morgan fingerprint density at radius 3 is 2.80 bits per heavy atom. The van der Waals surface area contributed by atoms with Gasteiger partial charge in [0.15, 0.2) is 18.1 Å². The van der Waals surface area contributed by atoms with Crippen LogP contribution in [0.15, 0.2) is 18.2 Å². The summed E-state index contributed by atoms with van der Waals surface area (Å²) in [6.45, 7) is 3.07. The van der Waals surface area contributed by atoms with Crippen molar-refractivity contribution < 1.29 is 28.9 Å². The molecule has 1 aliphatic rings. The van der Waals surface area contributed by atoms with Gasteiger partial charge < -0.3 is 24.6 Å². The van der Waals surface area contributed by atoms with Crippen molar-refractivity contribution in [1.82, 2.24) is 5.32 Å². The summed E-state index contributed by atoms with van der Waals surface area (Å²) in [6, 6.07) is 4.70. The molecule has 1 heterocycles. The van der Waals surface area contributed by atoms with Crippen LogP contribution < -0.4 is 14.8 Å². The van der Waals surface area contributed by atoms with E-state index in [0.29, 0.717) is 30.2 Å². The molecule has 2 rings (SSSR count). The predicted octanol–water partition coefficient (Wildman–Crippen LogP) is 2.24. The topological polar surface area (TPSA) is 94.1 Å². The van der Waals surface area contributed by atoms with Crippen LogP contribution in [0.5, 0.6) is 11.5 Å². The fourth-order valence-electron chi connectivity index (χ4n) is 2.66. The fraction of sp³-hybridized carbons (Fsp3) is 0.556. The van der Waals surface area contributed by atoms with E-state index >= 15 is 0 Å². The minimum Gasteiger partial charge on any atom is -0.490 e. The van der Waals surface area contributed by atoms with E-state index in [2.05, 4.69) is 5.32 Å². The van der Waals surface area contributed by atoms with Gasteiger partial charge in [0, 0.05) is 18.7 Å². The molecular formula is C18H25NO6. The lowest BCUT2D eigenvalue weighted by Crippen LogP contribution is -2.29. The lowest BCUT2D eigenvalue weighted by Gasteiger charge is -2.22. The van der Waals surface area contributed by atoms with E-state index in [1.54, 1.807) is 25.1 Å². The van der Waals surface area contributed by atoms with Gasteiger partial charge in [0.25, 0.3) is 5.91 Å². The van der Waals surface area contributed by atoms with Crippen molar-refractivity contribution in [2.24, 2.45) is 0 Å². The number of carbonyl (C=O) groups excluding carboxylic acids is 1. The highest BCUT2D eigenvalue weighted by molar-refractivity contribution is 5.94. The second-order valence-electron chi connectivity index (χ2n) is 5.81. The molecule has 7 nitrogen and oxygen atoms in total. The van der Waals surface area contributed by atoms with Gasteiger partial charge in [0.1, 0.15) is 0 Å². The molecular weight excluding hydrogens is 326 g/mol. The van der Waals surface area contributed by atoms with E-state index in [9.17, 15) is 9.59 Å². The maximum Gasteiger partial charge on any atom is 0.341 e. The molecule has 1 aromatic rings. The summed E-state index contributed by atoms with van der Waals surface area (Å²) in [5, 5.41) is 11.6. The molecule has 2 N–H and O–H groups in total. The number of rotatable bonds is 9. The molecule has 1 amide bonds. The van der Waals surface area contributed by atoms with Gasteiger partial charge in [-0.15, -0.1) is 0 Å². The smallest absolute Gasteiger partial charge is 0.341 e. The van der Waals surface area contributed by atoms with E-state index in [1.807, 2.05) is 0 Å². The minimum absolute atomic E-state index is 0.207. The first-order valence-corrected chi connectivity index (χ1v) is 8.61. The van der Waals surface area contributed by atoms with Gasteiger partial charge in [0.2, 0.25) is 0 Å². The number of benzene rings is 1. The van der Waals surface area contributed by atoms with Crippen molar-refractivity contribution in [3.63, 3.8) is 0 Å². The van der Waals surface area contributed by atoms with E-state index in [-0.39, 0.29) is 12.0 Å². The highest BCUT2D eigenvalue weighted by atomic mass is 16.5. The zero-order valence-electron chi connectivity index (χ0n) is 14.5. The number of carboxylic acid groups (broad SMARTS) is 1. The first-order chi connectivity index (χ1) is 12.1. The van der Waals surface area contributed by atoms with E-state index in [1.165, 1.54) is 6.42 Å². The Kier molecular flexibility index (Phi) is 7.53. The molecule has 0 spiro atoms. The largest absolute Gasteiger partial charge is 0.490 e. The Morgan fingerprint density at radius 2 is 2.12 bits per heavy atom. The number of nitrogens with one attached hydrogen (secondary N) is 1. The SMILES string of the molecule is CCOc1cc(C(=O)NCCC2CCCCO2)ccc1OCC(=O)O. The molecule has 1 atom stereocenters. The summed E-state index contributed by atoms with van der Waals surface area (Å²) in [5.41, 5.74) is 0.440. The zero-order chi connectivity index (χ0) is 18.1. The van der Waals surface area contributed by atoms with E-state index < -0.39 is 12.6 Å². The molecule has 1 aliphatic heterocycles. The normalized spacial score (nSPS) is 16.9. The fourth-order valence-corrected chi connectivity index (χ4v) is 2.66. The summed E-state index contributed by atoms with van der Waals surface area (Å²) < 4.78 is 16.3. The van der Waals surface area contributed by atoms with Gasteiger partial charge >= 0.3 is 5.97 Å². The predicted molar refractivity (Wildman–Crippen MR) is 91.3 cm³/mol. The Hall–Kier alpha value is -2.28. The summed E-state index contributed by atoms with van der Waals surface area (Å²) in [5.74, 6) is -0.626. The van der Waals surface area contributed by atoms with Crippen LogP contribution in [-0.4, -0.2) is 49.5 Å². The molecule has 25 heavy (non-hydrogen) atoms. The van der Waals surface area contributed by atoms with Crippen LogP contribution >= 0.6 is 0 Å². The first-order valence-electron chi connectivity index (χ1n) is 8.61. The molecule has 0 radical (unpaired) electrons. The van der Waals surface area contributed by atoms with Crippen LogP contribution in [0.4, 0.5) is 0 Å². The van der Waals surface area contributed by atoms with E-state index in [0.717, 1.165) is 25.9 Å². The van der Waals surface area contributed by atoms with Crippen molar-refractivity contribution in [2.45, 2.75) is 38.7 Å². The third-order valence-corrected chi connectivity index (χ3v) is 3.88. The van der Waals surface area contributed by atoms with Gasteiger partial charge in [-0.1, -0.05) is 0 Å². The molecule has 1 fully saturated rings. The van der Waals surface area contributed by atoms with Crippen LogP contribution in [0.1, 0.15) is 43.0 Å². The third kappa shape index (κ3) is 6.26. The second-order valence-corrected chi connectivity index (χ2v) is 5.81. The van der Waals surface area contributed by atoms with Gasteiger partial charge in [0.05, 0.1) is 12.7 Å². The highest BCUT2D eigenvalue weighted by Gasteiger charge is 2.15. The monoisotopic (exact) mass is 351 g/mol. The first kappa shape index (κ1) is 19.1. The number of hydrogen-bond donors (Lipinski definition) is 2. The lowest BCUT2D eigenvalue weighted by atomic mass is 10.1. The number of aliphatic carboxylic acids is 1. The highest BCUT2D eigenvalue weighted by Crippen LogP contribution is 2.28. The Bertz CT molecular complexity index is 583.